The lowest BCUT2D eigenvalue weighted by Gasteiger charge is -2.33. The molecule has 0 radical (unpaired) electrons. The van der Waals surface area contributed by atoms with Crippen molar-refractivity contribution in [1.82, 2.24) is 0 Å². The largest absolute Gasteiger partial charge is 0.486 e. The normalized spacial score (nSPS) is 14.0. The first-order chi connectivity index (χ1) is 22.6. The Labute approximate surface area is 270 Å². The van der Waals surface area contributed by atoms with Gasteiger partial charge in [-0.1, -0.05) is 30.3 Å². The first-order valence-electron chi connectivity index (χ1n) is 16.0. The van der Waals surface area contributed by atoms with Crippen molar-refractivity contribution in [3.05, 3.63) is 103 Å². The highest BCUT2D eigenvalue weighted by molar-refractivity contribution is 5.95. The topological polar surface area (TPSA) is 105 Å². The predicted octanol–water partition coefficient (Wildman–Crippen LogP) is 7.87. The molecule has 1 aliphatic rings. The molecule has 240 valence electrons. The minimum absolute atomic E-state index is 0.0184. The van der Waals surface area contributed by atoms with Crippen molar-refractivity contribution in [3.63, 3.8) is 0 Å². The van der Waals surface area contributed by atoms with Crippen LogP contribution in [0, 0.1) is 13.8 Å². The van der Waals surface area contributed by atoms with Gasteiger partial charge in [-0.15, -0.1) is 0 Å². The summed E-state index contributed by atoms with van der Waals surface area (Å²) in [5.41, 5.74) is 4.65. The number of carbonyl (C=O) groups excluding carboxylic acids is 1. The molecular formula is C39H36O8. The minimum atomic E-state index is -0.408. The lowest BCUT2D eigenvalue weighted by atomic mass is 9.93. The van der Waals surface area contributed by atoms with Crippen LogP contribution in [0.1, 0.15) is 55.4 Å². The zero-order valence-corrected chi connectivity index (χ0v) is 27.0. The van der Waals surface area contributed by atoms with Gasteiger partial charge in [0.25, 0.3) is 0 Å². The summed E-state index contributed by atoms with van der Waals surface area (Å²) in [6.07, 6.45) is 2.71. The van der Waals surface area contributed by atoms with Gasteiger partial charge in [0.2, 0.25) is 16.6 Å². The van der Waals surface area contributed by atoms with Gasteiger partial charge >= 0.3 is 5.97 Å². The Morgan fingerprint density at radius 3 is 2.40 bits per heavy atom. The summed E-state index contributed by atoms with van der Waals surface area (Å²) in [4.78, 5) is 39.5. The molecule has 0 spiro atoms. The number of esters is 1. The summed E-state index contributed by atoms with van der Waals surface area (Å²) in [6, 6.07) is 18.0. The Hall–Kier alpha value is -5.11. The molecule has 6 aromatic rings. The van der Waals surface area contributed by atoms with Crippen LogP contribution >= 0.6 is 0 Å². The lowest BCUT2D eigenvalue weighted by Crippen LogP contribution is -2.33. The van der Waals surface area contributed by atoms with Gasteiger partial charge < -0.3 is 23.0 Å². The fourth-order valence-corrected chi connectivity index (χ4v) is 6.28. The third kappa shape index (κ3) is 5.62. The average molecular weight is 633 g/mol. The molecule has 0 fully saturated rings. The van der Waals surface area contributed by atoms with Crippen molar-refractivity contribution in [2.45, 2.75) is 65.4 Å². The zero-order chi connectivity index (χ0) is 32.9. The summed E-state index contributed by atoms with van der Waals surface area (Å²) < 4.78 is 30.7. The van der Waals surface area contributed by atoms with Gasteiger partial charge in [-0.2, -0.15) is 0 Å². The van der Waals surface area contributed by atoms with E-state index in [0.29, 0.717) is 80.4 Å². The van der Waals surface area contributed by atoms with Crippen LogP contribution in [0.15, 0.2) is 79.1 Å². The Balaban J connectivity index is 1.04. The number of benzene rings is 4. The summed E-state index contributed by atoms with van der Waals surface area (Å²) in [5.74, 6) is 0.633. The third-order valence-corrected chi connectivity index (χ3v) is 9.08. The van der Waals surface area contributed by atoms with E-state index in [1.54, 1.807) is 36.4 Å². The molecule has 3 heterocycles. The van der Waals surface area contributed by atoms with Gasteiger partial charge in [-0.05, 0) is 100 Å². The summed E-state index contributed by atoms with van der Waals surface area (Å²) in [5, 5.41) is 1.96. The number of fused-ring (bicyclic) bond motifs is 5. The molecule has 0 atom stereocenters. The molecule has 0 saturated carbocycles. The fourth-order valence-electron chi connectivity index (χ4n) is 6.28. The van der Waals surface area contributed by atoms with Crippen molar-refractivity contribution in [3.8, 4) is 11.5 Å². The molecular weight excluding hydrogens is 596 g/mol. The maximum atomic E-state index is 13.4. The van der Waals surface area contributed by atoms with Crippen LogP contribution in [0.4, 0.5) is 0 Å². The van der Waals surface area contributed by atoms with Crippen LogP contribution in [0.5, 0.6) is 11.5 Å². The molecule has 8 heteroatoms. The van der Waals surface area contributed by atoms with E-state index in [1.807, 2.05) is 52.0 Å². The molecule has 1 aliphatic heterocycles. The number of carbonyl (C=O) groups is 1. The standard InChI is InChI=1S/C39H36O8/c1-22-14-15-28-33(42)27-12-9-10-24(35(27)46-34(28)23(22)2)21-31(40)43-18-7-8-19-44-38-36-25(16-17-39(3,4)47-36)20-29-32(41)26-11-5-6-13-30(26)45-37(29)38/h5-6,9-15,20H,7-8,16-19,21H2,1-4H3. The van der Waals surface area contributed by atoms with Gasteiger partial charge in [0.15, 0.2) is 11.3 Å². The second kappa shape index (κ2) is 11.9. The minimum Gasteiger partial charge on any atom is -0.486 e. The number of hydrogen-bond acceptors (Lipinski definition) is 8. The summed E-state index contributed by atoms with van der Waals surface area (Å²) >= 11 is 0. The predicted molar refractivity (Wildman–Crippen MR) is 182 cm³/mol. The molecule has 0 aliphatic carbocycles. The lowest BCUT2D eigenvalue weighted by molar-refractivity contribution is -0.143. The van der Waals surface area contributed by atoms with Crippen molar-refractivity contribution in [2.75, 3.05) is 13.2 Å². The first-order valence-corrected chi connectivity index (χ1v) is 16.0. The second-order valence-corrected chi connectivity index (χ2v) is 12.9. The highest BCUT2D eigenvalue weighted by atomic mass is 16.5. The van der Waals surface area contributed by atoms with Crippen molar-refractivity contribution >= 4 is 49.8 Å². The Morgan fingerprint density at radius 2 is 1.55 bits per heavy atom. The van der Waals surface area contributed by atoms with E-state index in [2.05, 4.69) is 0 Å². The zero-order valence-electron chi connectivity index (χ0n) is 27.0. The molecule has 47 heavy (non-hydrogen) atoms. The van der Waals surface area contributed by atoms with E-state index < -0.39 is 5.97 Å². The number of rotatable bonds is 8. The van der Waals surface area contributed by atoms with Gasteiger partial charge in [0, 0.05) is 5.56 Å². The smallest absolute Gasteiger partial charge is 0.310 e. The van der Waals surface area contributed by atoms with Crippen LogP contribution in [-0.4, -0.2) is 24.8 Å². The van der Waals surface area contributed by atoms with Crippen LogP contribution in [-0.2, 0) is 22.4 Å². The van der Waals surface area contributed by atoms with Crippen LogP contribution in [0.2, 0.25) is 0 Å². The van der Waals surface area contributed by atoms with Gasteiger partial charge in [-0.3, -0.25) is 14.4 Å². The van der Waals surface area contributed by atoms with Crippen molar-refractivity contribution in [1.29, 1.82) is 0 Å². The van der Waals surface area contributed by atoms with Gasteiger partial charge in [-0.25, -0.2) is 0 Å². The fraction of sp³-hybridized carbons (Fsp3) is 0.308. The van der Waals surface area contributed by atoms with Crippen LogP contribution in [0.3, 0.4) is 0 Å². The van der Waals surface area contributed by atoms with Gasteiger partial charge in [0.05, 0.1) is 41.2 Å². The monoisotopic (exact) mass is 632 g/mol. The van der Waals surface area contributed by atoms with Crippen molar-refractivity contribution < 1.29 is 27.8 Å². The Bertz CT molecular complexity index is 2330. The molecule has 4 aromatic carbocycles. The molecule has 8 nitrogen and oxygen atoms in total. The maximum Gasteiger partial charge on any atom is 0.310 e. The number of aryl methyl sites for hydroxylation is 3. The molecule has 2 aromatic heterocycles. The van der Waals surface area contributed by atoms with E-state index in [9.17, 15) is 14.4 Å². The summed E-state index contributed by atoms with van der Waals surface area (Å²) in [7, 11) is 0. The highest BCUT2D eigenvalue weighted by Gasteiger charge is 2.32. The quantitative estimate of drug-likeness (QED) is 0.0948. The highest BCUT2D eigenvalue weighted by Crippen LogP contribution is 2.45. The number of para-hydroxylation sites is 2. The van der Waals surface area contributed by atoms with Crippen molar-refractivity contribution in [2.24, 2.45) is 0 Å². The molecule has 0 unspecified atom stereocenters. The van der Waals surface area contributed by atoms with E-state index in [-0.39, 0.29) is 29.5 Å². The van der Waals surface area contributed by atoms with E-state index in [0.717, 1.165) is 29.5 Å². The number of ether oxygens (including phenoxy) is 3. The molecule has 0 N–H and O–H groups in total. The average Bonchev–Trinajstić information content (AvgIpc) is 3.05. The molecule has 0 amide bonds. The Kier molecular flexibility index (Phi) is 7.74. The summed E-state index contributed by atoms with van der Waals surface area (Å²) in [6.45, 7) is 8.47. The van der Waals surface area contributed by atoms with E-state index >= 15 is 0 Å². The molecule has 0 saturated heterocycles. The third-order valence-electron chi connectivity index (χ3n) is 9.08. The van der Waals surface area contributed by atoms with Gasteiger partial charge in [0.1, 0.15) is 22.4 Å². The number of unbranched alkanes of at least 4 members (excludes halogenated alkanes) is 1. The van der Waals surface area contributed by atoms with E-state index in [1.165, 1.54) is 0 Å². The molecule has 7 rings (SSSR count). The Morgan fingerprint density at radius 1 is 0.809 bits per heavy atom. The number of hydrogen-bond donors (Lipinski definition) is 0. The first kappa shape index (κ1) is 30.5. The SMILES string of the molecule is Cc1ccc2c(=O)c3cccc(CC(=O)OCCCCOc4c5c(cc6c(=O)c7ccccc7oc46)CCC(C)(C)O5)c3oc2c1C. The van der Waals surface area contributed by atoms with E-state index in [4.69, 9.17) is 23.0 Å². The molecule has 0 bridgehead atoms. The maximum absolute atomic E-state index is 13.4. The second-order valence-electron chi connectivity index (χ2n) is 12.9. The van der Waals surface area contributed by atoms with Crippen LogP contribution < -0.4 is 20.3 Å². The van der Waals surface area contributed by atoms with Crippen LogP contribution in [0.25, 0.3) is 43.9 Å².